The van der Waals surface area contributed by atoms with Crippen molar-refractivity contribution in [2.24, 2.45) is 5.92 Å². The zero-order valence-corrected chi connectivity index (χ0v) is 25.0. The van der Waals surface area contributed by atoms with E-state index in [9.17, 15) is 9.18 Å². The number of carbonyl (C=O) groups excluding carboxylic acids is 1. The van der Waals surface area contributed by atoms with Gasteiger partial charge in [-0.25, -0.2) is 9.37 Å². The van der Waals surface area contributed by atoms with Crippen LogP contribution in [0.3, 0.4) is 0 Å². The van der Waals surface area contributed by atoms with E-state index >= 15 is 0 Å². The van der Waals surface area contributed by atoms with Gasteiger partial charge in [-0.05, 0) is 62.5 Å². The third-order valence-electron chi connectivity index (χ3n) is 7.07. The molecule has 0 fully saturated rings. The van der Waals surface area contributed by atoms with Crippen LogP contribution in [0.2, 0.25) is 0 Å². The second-order valence-electron chi connectivity index (χ2n) is 11.4. The number of aromatic amines is 2. The molecule has 0 aliphatic heterocycles. The van der Waals surface area contributed by atoms with E-state index in [-0.39, 0.29) is 11.8 Å². The molecule has 6 rings (SSSR count). The molecule has 0 radical (unpaired) electrons. The molecule has 3 N–H and O–H groups in total. The quantitative estimate of drug-likeness (QED) is 0.171. The summed E-state index contributed by atoms with van der Waals surface area (Å²) >= 11 is 0. The zero-order valence-electron chi connectivity index (χ0n) is 25.0. The number of hydrogen-bond donors (Lipinski definition) is 3. The number of ether oxygens (including phenoxy) is 1. The van der Waals surface area contributed by atoms with E-state index < -0.39 is 5.82 Å². The number of carbonyl (C=O) groups is 1. The van der Waals surface area contributed by atoms with E-state index in [0.29, 0.717) is 59.2 Å². The Labute approximate surface area is 253 Å². The summed E-state index contributed by atoms with van der Waals surface area (Å²) in [7, 11) is 3.91. The van der Waals surface area contributed by atoms with E-state index in [1.54, 1.807) is 24.7 Å². The highest BCUT2D eigenvalue weighted by Gasteiger charge is 2.17. The average molecular weight is 593 g/mol. The molecule has 0 saturated carbocycles. The van der Waals surface area contributed by atoms with Crippen LogP contribution in [0.4, 0.5) is 10.1 Å². The first-order valence-corrected chi connectivity index (χ1v) is 14.4. The van der Waals surface area contributed by atoms with E-state index in [1.807, 2.05) is 63.2 Å². The molecule has 0 spiro atoms. The molecular formula is C33H33FN8O2. The molecule has 44 heavy (non-hydrogen) atoms. The number of H-pyrrole nitrogens is 2. The summed E-state index contributed by atoms with van der Waals surface area (Å²) in [6.45, 7) is 5.16. The van der Waals surface area contributed by atoms with E-state index in [0.717, 1.165) is 27.7 Å². The predicted octanol–water partition coefficient (Wildman–Crippen LogP) is 6.29. The number of halogens is 1. The Hall–Kier alpha value is -5.16. The minimum absolute atomic E-state index is 0.0570. The highest BCUT2D eigenvalue weighted by Crippen LogP contribution is 2.34. The predicted molar refractivity (Wildman–Crippen MR) is 170 cm³/mol. The largest absolute Gasteiger partial charge is 0.492 e. The van der Waals surface area contributed by atoms with Gasteiger partial charge in [0.25, 0.3) is 0 Å². The summed E-state index contributed by atoms with van der Waals surface area (Å²) in [5, 5.41) is 11.4. The molecule has 10 nitrogen and oxygen atoms in total. The van der Waals surface area contributed by atoms with E-state index in [4.69, 9.17) is 9.72 Å². The van der Waals surface area contributed by atoms with Crippen LogP contribution in [0.15, 0.2) is 67.1 Å². The molecule has 0 atom stereocenters. The number of nitrogens with one attached hydrogen (secondary N) is 3. The molecule has 0 saturated heterocycles. The third kappa shape index (κ3) is 6.28. The first-order valence-electron chi connectivity index (χ1n) is 14.4. The van der Waals surface area contributed by atoms with Gasteiger partial charge in [0, 0.05) is 53.5 Å². The number of amides is 1. The topological polar surface area (TPSA) is 125 Å². The summed E-state index contributed by atoms with van der Waals surface area (Å²) in [6.07, 6.45) is 5.45. The first kappa shape index (κ1) is 28.9. The van der Waals surface area contributed by atoms with Gasteiger partial charge in [-0.3, -0.25) is 19.9 Å². The molecule has 5 heterocycles. The second-order valence-corrected chi connectivity index (χ2v) is 11.4. The van der Waals surface area contributed by atoms with Gasteiger partial charge in [-0.15, -0.1) is 0 Å². The Kier molecular flexibility index (Phi) is 8.03. The summed E-state index contributed by atoms with van der Waals surface area (Å²) in [5.74, 6) is 0.248. The van der Waals surface area contributed by atoms with Gasteiger partial charge in [-0.1, -0.05) is 13.8 Å². The van der Waals surface area contributed by atoms with Crippen LogP contribution in [0, 0.1) is 11.7 Å². The lowest BCUT2D eigenvalue weighted by molar-refractivity contribution is -0.116. The number of aromatic nitrogens is 6. The van der Waals surface area contributed by atoms with Crippen molar-refractivity contribution >= 4 is 33.5 Å². The van der Waals surface area contributed by atoms with Gasteiger partial charge in [0.2, 0.25) is 5.91 Å². The van der Waals surface area contributed by atoms with Crippen molar-refractivity contribution in [3.05, 3.63) is 72.9 Å². The lowest BCUT2D eigenvalue weighted by Crippen LogP contribution is -2.19. The van der Waals surface area contributed by atoms with Crippen LogP contribution in [0.25, 0.3) is 55.8 Å². The Bertz CT molecular complexity index is 1960. The van der Waals surface area contributed by atoms with Crippen LogP contribution in [0.1, 0.15) is 20.3 Å². The molecule has 1 amide bonds. The molecule has 0 aliphatic carbocycles. The molecule has 1 aromatic carbocycles. The molecule has 11 heteroatoms. The standard InChI is InChI=1S/C33H33FN8O2/c1-19(2)11-30(43)37-23-13-21(17-35-18-23)26-5-6-28-32(39-26)33(41-40-28)29-16-25-27(38-29)7-8-36-31(25)20-12-22(34)15-24(14-20)44-10-9-42(3)4/h5-8,12-19,38H,9-11H2,1-4H3,(H,37,43)(H,40,41). The maximum atomic E-state index is 14.6. The van der Waals surface area contributed by atoms with Gasteiger partial charge in [0.05, 0.1) is 34.5 Å². The Morgan fingerprint density at radius 1 is 1.02 bits per heavy atom. The van der Waals surface area contributed by atoms with Crippen molar-refractivity contribution in [1.82, 2.24) is 35.0 Å². The van der Waals surface area contributed by atoms with Gasteiger partial charge in [-0.2, -0.15) is 5.10 Å². The van der Waals surface area contributed by atoms with Crippen molar-refractivity contribution < 1.29 is 13.9 Å². The van der Waals surface area contributed by atoms with Crippen LogP contribution >= 0.6 is 0 Å². The summed E-state index contributed by atoms with van der Waals surface area (Å²) in [5.41, 5.74) is 6.92. The number of hydrogen-bond acceptors (Lipinski definition) is 7. The molecule has 0 bridgehead atoms. The molecule has 5 aromatic heterocycles. The summed E-state index contributed by atoms with van der Waals surface area (Å²) in [6, 6.07) is 14.1. The lowest BCUT2D eigenvalue weighted by atomic mass is 10.1. The number of benzene rings is 1. The molecule has 0 aliphatic rings. The van der Waals surface area contributed by atoms with Crippen LogP contribution in [-0.4, -0.2) is 68.2 Å². The maximum absolute atomic E-state index is 14.6. The molecule has 224 valence electrons. The highest BCUT2D eigenvalue weighted by molar-refractivity contribution is 5.99. The average Bonchev–Trinajstić information content (AvgIpc) is 3.60. The van der Waals surface area contributed by atoms with E-state index in [1.165, 1.54) is 12.1 Å². The molecule has 0 unspecified atom stereocenters. The van der Waals surface area contributed by atoms with Crippen molar-refractivity contribution in [2.45, 2.75) is 20.3 Å². The van der Waals surface area contributed by atoms with Gasteiger partial charge in [0.1, 0.15) is 29.4 Å². The van der Waals surface area contributed by atoms with Gasteiger partial charge < -0.3 is 19.9 Å². The lowest BCUT2D eigenvalue weighted by Gasteiger charge is -2.12. The molecular weight excluding hydrogens is 559 g/mol. The fourth-order valence-corrected chi connectivity index (χ4v) is 5.02. The maximum Gasteiger partial charge on any atom is 0.224 e. The number of nitrogens with zero attached hydrogens (tertiary/aromatic N) is 5. The van der Waals surface area contributed by atoms with Crippen molar-refractivity contribution in [3.8, 4) is 39.7 Å². The Balaban J connectivity index is 1.33. The fraction of sp³-hybridized carbons (Fsp3) is 0.242. The van der Waals surface area contributed by atoms with Crippen molar-refractivity contribution in [3.63, 3.8) is 0 Å². The van der Waals surface area contributed by atoms with Crippen LogP contribution < -0.4 is 10.1 Å². The Morgan fingerprint density at radius 2 is 1.89 bits per heavy atom. The van der Waals surface area contributed by atoms with Gasteiger partial charge in [0.15, 0.2) is 0 Å². The smallest absolute Gasteiger partial charge is 0.224 e. The minimum atomic E-state index is -0.398. The minimum Gasteiger partial charge on any atom is -0.492 e. The highest BCUT2D eigenvalue weighted by atomic mass is 19.1. The molecule has 6 aromatic rings. The number of anilines is 1. The normalized spacial score (nSPS) is 11.6. The number of pyridine rings is 3. The zero-order chi connectivity index (χ0) is 30.8. The second kappa shape index (κ2) is 12.2. The fourth-order valence-electron chi connectivity index (χ4n) is 5.02. The third-order valence-corrected chi connectivity index (χ3v) is 7.07. The first-order chi connectivity index (χ1) is 21.2. The summed E-state index contributed by atoms with van der Waals surface area (Å²) < 4.78 is 20.5. The summed E-state index contributed by atoms with van der Waals surface area (Å²) in [4.78, 5) is 31.6. The van der Waals surface area contributed by atoms with Crippen LogP contribution in [-0.2, 0) is 4.79 Å². The van der Waals surface area contributed by atoms with Crippen LogP contribution in [0.5, 0.6) is 5.75 Å². The number of rotatable bonds is 10. The van der Waals surface area contributed by atoms with Gasteiger partial charge >= 0.3 is 0 Å². The van der Waals surface area contributed by atoms with E-state index in [2.05, 4.69) is 30.5 Å². The monoisotopic (exact) mass is 592 g/mol. The van der Waals surface area contributed by atoms with Crippen molar-refractivity contribution in [1.29, 1.82) is 0 Å². The van der Waals surface area contributed by atoms with Crippen molar-refractivity contribution in [2.75, 3.05) is 32.6 Å². The SMILES string of the molecule is CC(C)CC(=O)Nc1cncc(-c2ccc3[nH]nc(-c4cc5c(-c6cc(F)cc(OCCN(C)C)c6)nccc5[nH]4)c3n2)c1. The Morgan fingerprint density at radius 3 is 2.70 bits per heavy atom. The number of likely N-dealkylation sites (N-methyl/N-ethyl adjacent to an activating group) is 1. The number of fused-ring (bicyclic) bond motifs is 2.